The van der Waals surface area contributed by atoms with Crippen LogP contribution < -0.4 is 4.74 Å². The largest absolute Gasteiger partial charge is 0.490 e. The van der Waals surface area contributed by atoms with Crippen molar-refractivity contribution in [1.29, 1.82) is 0 Å². The first-order valence-electron chi connectivity index (χ1n) is 10.2. The minimum atomic E-state index is -3.44. The van der Waals surface area contributed by atoms with Crippen LogP contribution in [0.1, 0.15) is 42.4 Å². The topological polar surface area (TPSA) is 81.5 Å². The number of hydrogen-bond acceptors (Lipinski definition) is 5. The van der Waals surface area contributed by atoms with E-state index >= 15 is 0 Å². The van der Waals surface area contributed by atoms with Gasteiger partial charge >= 0.3 is 0 Å². The summed E-state index contributed by atoms with van der Waals surface area (Å²) in [5.41, 5.74) is 3.02. The van der Waals surface area contributed by atoms with Gasteiger partial charge in [-0.25, -0.2) is 13.1 Å². The number of carbonyl (C=O) groups is 1. The van der Waals surface area contributed by atoms with Crippen molar-refractivity contribution < 1.29 is 17.9 Å². The maximum Gasteiger partial charge on any atom is 0.258 e. The highest BCUT2D eigenvalue weighted by Crippen LogP contribution is 2.30. The van der Waals surface area contributed by atoms with Gasteiger partial charge in [-0.15, -0.1) is 0 Å². The fourth-order valence-electron chi connectivity index (χ4n) is 3.57. The van der Waals surface area contributed by atoms with E-state index < -0.39 is 9.84 Å². The van der Waals surface area contributed by atoms with E-state index in [0.29, 0.717) is 18.8 Å². The van der Waals surface area contributed by atoms with Gasteiger partial charge in [0.15, 0.2) is 9.84 Å². The fraction of sp³-hybridized carbons (Fsp3) is 0.304. The van der Waals surface area contributed by atoms with Gasteiger partial charge in [0.05, 0.1) is 40.2 Å². The van der Waals surface area contributed by atoms with E-state index in [4.69, 9.17) is 4.74 Å². The highest BCUT2D eigenvalue weighted by Gasteiger charge is 2.30. The average molecular weight is 440 g/mol. The molecule has 1 aliphatic heterocycles. The van der Waals surface area contributed by atoms with Gasteiger partial charge in [0.2, 0.25) is 0 Å². The number of ether oxygens (including phenoxy) is 1. The minimum absolute atomic E-state index is 0.0340. The molecular formula is C23H25N3O4S. The number of benzene rings is 2. The molecule has 3 aromatic rings. The van der Waals surface area contributed by atoms with E-state index in [-0.39, 0.29) is 28.2 Å². The van der Waals surface area contributed by atoms with E-state index in [1.54, 1.807) is 17.9 Å². The van der Waals surface area contributed by atoms with Gasteiger partial charge in [-0.2, -0.15) is 5.10 Å². The Balaban J connectivity index is 1.62. The Morgan fingerprint density at radius 3 is 2.52 bits per heavy atom. The molecule has 7 nitrogen and oxygen atoms in total. The van der Waals surface area contributed by atoms with Crippen LogP contribution in [-0.4, -0.2) is 40.9 Å². The van der Waals surface area contributed by atoms with Crippen LogP contribution >= 0.6 is 0 Å². The van der Waals surface area contributed by atoms with Crippen molar-refractivity contribution in [3.05, 3.63) is 71.5 Å². The van der Waals surface area contributed by atoms with Crippen molar-refractivity contribution in [2.24, 2.45) is 0 Å². The van der Waals surface area contributed by atoms with Gasteiger partial charge < -0.3 is 9.64 Å². The molecule has 0 spiro atoms. The minimum Gasteiger partial charge on any atom is -0.490 e. The average Bonchev–Trinajstić information content (AvgIpc) is 3.33. The number of para-hydroxylation sites is 1. The van der Waals surface area contributed by atoms with E-state index in [0.717, 1.165) is 16.9 Å². The molecule has 162 valence electrons. The summed E-state index contributed by atoms with van der Waals surface area (Å²) in [5.74, 6) is 0.0790. The maximum atomic E-state index is 13.4. The van der Waals surface area contributed by atoms with Crippen LogP contribution in [0.25, 0.3) is 5.69 Å². The summed E-state index contributed by atoms with van der Waals surface area (Å²) in [4.78, 5) is 15.1. The Morgan fingerprint density at radius 1 is 1.13 bits per heavy atom. The van der Waals surface area contributed by atoms with Crippen molar-refractivity contribution in [3.8, 4) is 11.4 Å². The van der Waals surface area contributed by atoms with Crippen molar-refractivity contribution in [3.63, 3.8) is 0 Å². The van der Waals surface area contributed by atoms with Crippen molar-refractivity contribution in [2.45, 2.75) is 44.9 Å². The molecule has 2 aromatic carbocycles. The normalized spacial score (nSPS) is 13.5. The van der Waals surface area contributed by atoms with Crippen molar-refractivity contribution >= 4 is 15.7 Å². The fourth-order valence-corrected chi connectivity index (χ4v) is 4.48. The van der Waals surface area contributed by atoms with E-state index in [2.05, 4.69) is 5.10 Å². The van der Waals surface area contributed by atoms with Crippen LogP contribution in [-0.2, 0) is 22.9 Å². The van der Waals surface area contributed by atoms with Gasteiger partial charge in [-0.3, -0.25) is 4.79 Å². The highest BCUT2D eigenvalue weighted by molar-refractivity contribution is 7.91. The second-order valence-corrected chi connectivity index (χ2v) is 10.0. The summed E-state index contributed by atoms with van der Waals surface area (Å²) >= 11 is 0. The van der Waals surface area contributed by atoms with Crippen molar-refractivity contribution in [2.75, 3.05) is 5.75 Å². The first-order chi connectivity index (χ1) is 14.8. The lowest BCUT2D eigenvalue weighted by atomic mass is 10.1. The number of fused-ring (bicyclic) bond motifs is 1. The molecule has 0 atom stereocenters. The molecule has 31 heavy (non-hydrogen) atoms. The molecule has 2 heterocycles. The summed E-state index contributed by atoms with van der Waals surface area (Å²) in [5, 5.41) is 4.62. The quantitative estimate of drug-likeness (QED) is 0.586. The lowest BCUT2D eigenvalue weighted by Crippen LogP contribution is -2.27. The Labute approximate surface area is 182 Å². The van der Waals surface area contributed by atoms with Crippen molar-refractivity contribution in [1.82, 2.24) is 14.7 Å². The zero-order valence-corrected chi connectivity index (χ0v) is 18.6. The van der Waals surface area contributed by atoms with Crippen LogP contribution in [0.4, 0.5) is 0 Å². The summed E-state index contributed by atoms with van der Waals surface area (Å²) in [7, 11) is -3.44. The molecule has 0 unspecified atom stereocenters. The van der Waals surface area contributed by atoms with Crippen LogP contribution in [0, 0.1) is 0 Å². The molecule has 0 bridgehead atoms. The Morgan fingerprint density at radius 2 is 1.87 bits per heavy atom. The first kappa shape index (κ1) is 21.1. The van der Waals surface area contributed by atoms with E-state index in [1.807, 2.05) is 55.1 Å². The number of nitrogens with zero attached hydrogens (tertiary/aromatic N) is 3. The van der Waals surface area contributed by atoms with Gasteiger partial charge in [-0.05, 0) is 44.2 Å². The first-order valence-corrected chi connectivity index (χ1v) is 11.9. The van der Waals surface area contributed by atoms with Gasteiger partial charge in [0.25, 0.3) is 5.91 Å². The molecule has 0 aliphatic carbocycles. The Hall–Kier alpha value is -3.13. The number of rotatable bonds is 6. The third-order valence-electron chi connectivity index (χ3n) is 5.17. The third kappa shape index (κ3) is 4.20. The SMILES string of the molecule is CCS(=O)(=O)c1ccc(OC(C)C)c(C(=O)N2Cc3cn(-c4ccccc4)nc3C2)c1. The summed E-state index contributed by atoms with van der Waals surface area (Å²) in [6, 6.07) is 14.3. The lowest BCUT2D eigenvalue weighted by molar-refractivity contribution is 0.0742. The smallest absolute Gasteiger partial charge is 0.258 e. The van der Waals surface area contributed by atoms with Crippen LogP contribution in [0.2, 0.25) is 0 Å². The predicted molar refractivity (Wildman–Crippen MR) is 117 cm³/mol. The molecule has 0 saturated heterocycles. The molecule has 4 rings (SSSR count). The molecule has 1 aromatic heterocycles. The van der Waals surface area contributed by atoms with Crippen LogP contribution in [0.15, 0.2) is 59.6 Å². The standard InChI is InChI=1S/C23H25N3O4S/c1-4-31(28,29)19-10-11-22(30-16(2)3)20(12-19)23(27)25-13-17-14-26(24-21(17)15-25)18-8-6-5-7-9-18/h5-12,14,16H,4,13,15H2,1-3H3. The molecule has 1 amide bonds. The zero-order chi connectivity index (χ0) is 22.2. The second kappa shape index (κ2) is 8.19. The molecule has 8 heteroatoms. The number of amides is 1. The molecule has 0 radical (unpaired) electrons. The Bertz CT molecular complexity index is 1190. The lowest BCUT2D eigenvalue weighted by Gasteiger charge is -2.20. The monoisotopic (exact) mass is 439 g/mol. The highest BCUT2D eigenvalue weighted by atomic mass is 32.2. The summed E-state index contributed by atoms with van der Waals surface area (Å²) in [6.45, 7) is 6.08. The molecular weight excluding hydrogens is 414 g/mol. The van der Waals surface area contributed by atoms with Crippen LogP contribution in [0.5, 0.6) is 5.75 Å². The van der Waals surface area contributed by atoms with Crippen LogP contribution in [0.3, 0.4) is 0 Å². The number of aromatic nitrogens is 2. The predicted octanol–water partition coefficient (Wildman–Crippen LogP) is 3.61. The number of hydrogen-bond donors (Lipinski definition) is 0. The zero-order valence-electron chi connectivity index (χ0n) is 17.8. The van der Waals surface area contributed by atoms with E-state index in [1.165, 1.54) is 12.1 Å². The maximum absolute atomic E-state index is 13.4. The molecule has 0 saturated carbocycles. The van der Waals surface area contributed by atoms with Gasteiger partial charge in [0, 0.05) is 18.3 Å². The summed E-state index contributed by atoms with van der Waals surface area (Å²) in [6.07, 6.45) is 1.78. The number of carbonyl (C=O) groups excluding carboxylic acids is 1. The van der Waals surface area contributed by atoms with E-state index in [9.17, 15) is 13.2 Å². The summed E-state index contributed by atoms with van der Waals surface area (Å²) < 4.78 is 32.3. The number of sulfone groups is 1. The second-order valence-electron chi connectivity index (χ2n) is 7.77. The molecule has 1 aliphatic rings. The third-order valence-corrected chi connectivity index (χ3v) is 6.90. The molecule has 0 N–H and O–H groups in total. The molecule has 0 fully saturated rings. The van der Waals surface area contributed by atoms with Gasteiger partial charge in [-0.1, -0.05) is 25.1 Å². The Kier molecular flexibility index (Phi) is 5.58. The van der Waals surface area contributed by atoms with Gasteiger partial charge in [0.1, 0.15) is 5.75 Å².